The lowest BCUT2D eigenvalue weighted by atomic mass is 10.2. The van der Waals surface area contributed by atoms with Crippen molar-refractivity contribution in [1.82, 2.24) is 25.2 Å². The molecule has 0 aliphatic carbocycles. The van der Waals surface area contributed by atoms with E-state index in [2.05, 4.69) is 39.7 Å². The van der Waals surface area contributed by atoms with Crippen LogP contribution in [0.15, 0.2) is 29.4 Å². The normalized spacial score (nSPS) is 12.9. The molecule has 0 aliphatic rings. The maximum absolute atomic E-state index is 9.98. The average Bonchev–Trinajstić information content (AvgIpc) is 3.00. The summed E-state index contributed by atoms with van der Waals surface area (Å²) in [5, 5.41) is 24.5. The number of guanidine groups is 1. The van der Waals surface area contributed by atoms with Crippen molar-refractivity contribution in [3.05, 3.63) is 30.2 Å². The Kier molecular flexibility index (Phi) is 10.4. The lowest BCUT2D eigenvalue weighted by Crippen LogP contribution is -2.42. The SMILES string of the molecule is CCNC(=NCc1nnc2ccccn12)NCC(O)COCC(C)C.I. The van der Waals surface area contributed by atoms with E-state index in [-0.39, 0.29) is 24.0 Å². The van der Waals surface area contributed by atoms with Gasteiger partial charge in [-0.15, -0.1) is 34.2 Å². The zero-order valence-corrected chi connectivity index (χ0v) is 17.9. The quantitative estimate of drug-likeness (QED) is 0.288. The summed E-state index contributed by atoms with van der Waals surface area (Å²) in [6.07, 6.45) is 1.33. The van der Waals surface area contributed by atoms with E-state index in [1.54, 1.807) is 0 Å². The van der Waals surface area contributed by atoms with Crippen molar-refractivity contribution in [2.24, 2.45) is 10.9 Å². The van der Waals surface area contributed by atoms with Crippen molar-refractivity contribution in [3.8, 4) is 0 Å². The van der Waals surface area contributed by atoms with Gasteiger partial charge in [-0.1, -0.05) is 19.9 Å². The number of aromatic nitrogens is 3. The van der Waals surface area contributed by atoms with Crippen molar-refractivity contribution in [2.75, 3.05) is 26.3 Å². The molecule has 0 aromatic carbocycles. The maximum atomic E-state index is 9.98. The molecule has 0 fully saturated rings. The van der Waals surface area contributed by atoms with Crippen LogP contribution in [0.1, 0.15) is 26.6 Å². The van der Waals surface area contributed by atoms with E-state index in [9.17, 15) is 5.11 Å². The van der Waals surface area contributed by atoms with Gasteiger partial charge in [-0.25, -0.2) is 4.99 Å². The lowest BCUT2D eigenvalue weighted by molar-refractivity contribution is 0.0280. The van der Waals surface area contributed by atoms with Crippen LogP contribution < -0.4 is 10.6 Å². The fourth-order valence-electron chi connectivity index (χ4n) is 2.20. The first-order chi connectivity index (χ1) is 12.1. The Bertz CT molecular complexity index is 676. The average molecular weight is 476 g/mol. The molecule has 0 amide bonds. The Labute approximate surface area is 171 Å². The van der Waals surface area contributed by atoms with Crippen LogP contribution in [0.3, 0.4) is 0 Å². The molecule has 2 rings (SSSR count). The number of hydrogen-bond acceptors (Lipinski definition) is 5. The van der Waals surface area contributed by atoms with Crippen molar-refractivity contribution >= 4 is 35.6 Å². The largest absolute Gasteiger partial charge is 0.389 e. The van der Waals surface area contributed by atoms with Gasteiger partial charge < -0.3 is 20.5 Å². The summed E-state index contributed by atoms with van der Waals surface area (Å²) in [6, 6.07) is 5.75. The van der Waals surface area contributed by atoms with E-state index in [0.717, 1.165) is 18.0 Å². The Morgan fingerprint density at radius 1 is 1.27 bits per heavy atom. The summed E-state index contributed by atoms with van der Waals surface area (Å²) in [4.78, 5) is 4.51. The smallest absolute Gasteiger partial charge is 0.191 e. The first-order valence-electron chi connectivity index (χ1n) is 8.66. The molecule has 0 saturated heterocycles. The van der Waals surface area contributed by atoms with Gasteiger partial charge >= 0.3 is 0 Å². The molecule has 2 heterocycles. The maximum Gasteiger partial charge on any atom is 0.191 e. The number of aliphatic hydroxyl groups excluding tert-OH is 1. The van der Waals surface area contributed by atoms with Gasteiger partial charge in [0.15, 0.2) is 17.4 Å². The standard InChI is InChI=1S/C17H28N6O2.HI/c1-4-18-17(19-9-14(24)12-25-11-13(2)3)20-10-16-22-21-15-7-5-6-8-23(15)16;/h5-8,13-14,24H,4,9-12H2,1-3H3,(H2,18,19,20);1H. The second-order valence-electron chi connectivity index (χ2n) is 6.21. The Balaban J connectivity index is 0.00000338. The molecule has 3 N–H and O–H groups in total. The summed E-state index contributed by atoms with van der Waals surface area (Å²) in [7, 11) is 0. The Hall–Kier alpha value is -1.46. The van der Waals surface area contributed by atoms with Gasteiger partial charge in [0, 0.05) is 25.9 Å². The predicted octanol–water partition coefficient (Wildman–Crippen LogP) is 1.44. The van der Waals surface area contributed by atoms with E-state index in [0.29, 0.717) is 38.2 Å². The van der Waals surface area contributed by atoms with Gasteiger partial charge in [-0.2, -0.15) is 0 Å². The predicted molar refractivity (Wildman–Crippen MR) is 113 cm³/mol. The number of ether oxygens (including phenoxy) is 1. The number of rotatable bonds is 9. The number of pyridine rings is 1. The molecule has 0 bridgehead atoms. The number of halogens is 1. The van der Waals surface area contributed by atoms with Crippen LogP contribution in [0, 0.1) is 5.92 Å². The summed E-state index contributed by atoms with van der Waals surface area (Å²) >= 11 is 0. The van der Waals surface area contributed by atoms with E-state index < -0.39 is 6.10 Å². The van der Waals surface area contributed by atoms with Crippen LogP contribution in [-0.2, 0) is 11.3 Å². The fraction of sp³-hybridized carbons (Fsp3) is 0.588. The molecule has 0 radical (unpaired) electrons. The summed E-state index contributed by atoms with van der Waals surface area (Å²) < 4.78 is 7.35. The van der Waals surface area contributed by atoms with Gasteiger partial charge in [0.1, 0.15) is 6.54 Å². The van der Waals surface area contributed by atoms with Crippen LogP contribution in [0.25, 0.3) is 5.65 Å². The van der Waals surface area contributed by atoms with Crippen LogP contribution in [0.4, 0.5) is 0 Å². The zero-order valence-electron chi connectivity index (χ0n) is 15.6. The Morgan fingerprint density at radius 2 is 2.08 bits per heavy atom. The number of nitrogens with zero attached hydrogens (tertiary/aromatic N) is 4. The molecule has 8 nitrogen and oxygen atoms in total. The fourth-order valence-corrected chi connectivity index (χ4v) is 2.20. The molecule has 2 aromatic rings. The second kappa shape index (κ2) is 12.0. The minimum atomic E-state index is -0.587. The topological polar surface area (TPSA) is 96.1 Å². The molecule has 26 heavy (non-hydrogen) atoms. The summed E-state index contributed by atoms with van der Waals surface area (Å²) in [6.45, 7) is 8.58. The zero-order chi connectivity index (χ0) is 18.1. The van der Waals surface area contributed by atoms with Gasteiger partial charge in [-0.05, 0) is 25.0 Å². The highest BCUT2D eigenvalue weighted by Gasteiger charge is 2.08. The van der Waals surface area contributed by atoms with Crippen molar-refractivity contribution in [2.45, 2.75) is 33.4 Å². The van der Waals surface area contributed by atoms with Crippen LogP contribution >= 0.6 is 24.0 Å². The molecule has 9 heteroatoms. The highest BCUT2D eigenvalue weighted by molar-refractivity contribution is 14.0. The molecular formula is C17H29IN6O2. The second-order valence-corrected chi connectivity index (χ2v) is 6.21. The van der Waals surface area contributed by atoms with Gasteiger partial charge in [0.25, 0.3) is 0 Å². The third kappa shape index (κ3) is 7.42. The molecule has 2 aromatic heterocycles. The minimum absolute atomic E-state index is 0. The highest BCUT2D eigenvalue weighted by atomic mass is 127. The molecule has 1 atom stereocenters. The third-order valence-electron chi connectivity index (χ3n) is 3.37. The minimum Gasteiger partial charge on any atom is -0.389 e. The van der Waals surface area contributed by atoms with E-state index in [1.165, 1.54) is 0 Å². The lowest BCUT2D eigenvalue weighted by Gasteiger charge is -2.16. The summed E-state index contributed by atoms with van der Waals surface area (Å²) in [5.41, 5.74) is 0.795. The molecule has 146 valence electrons. The first kappa shape index (κ1) is 22.6. The van der Waals surface area contributed by atoms with E-state index in [1.807, 2.05) is 35.7 Å². The number of aliphatic imine (C=N–C) groups is 1. The monoisotopic (exact) mass is 476 g/mol. The molecular weight excluding hydrogens is 447 g/mol. The van der Waals surface area contributed by atoms with Gasteiger partial charge in [0.2, 0.25) is 0 Å². The van der Waals surface area contributed by atoms with Crippen molar-refractivity contribution in [1.29, 1.82) is 0 Å². The number of fused-ring (bicyclic) bond motifs is 1. The highest BCUT2D eigenvalue weighted by Crippen LogP contribution is 2.03. The van der Waals surface area contributed by atoms with Crippen LogP contribution in [-0.4, -0.2) is 58.1 Å². The molecule has 1 unspecified atom stereocenters. The van der Waals surface area contributed by atoms with Crippen molar-refractivity contribution < 1.29 is 9.84 Å². The van der Waals surface area contributed by atoms with Crippen molar-refractivity contribution in [3.63, 3.8) is 0 Å². The molecule has 0 spiro atoms. The number of nitrogens with one attached hydrogen (secondary N) is 2. The van der Waals surface area contributed by atoms with Crippen LogP contribution in [0.5, 0.6) is 0 Å². The number of aliphatic hydroxyl groups is 1. The van der Waals surface area contributed by atoms with E-state index in [4.69, 9.17) is 4.74 Å². The van der Waals surface area contributed by atoms with Crippen LogP contribution in [0.2, 0.25) is 0 Å². The first-order valence-corrected chi connectivity index (χ1v) is 8.66. The van der Waals surface area contributed by atoms with E-state index >= 15 is 0 Å². The molecule has 0 aliphatic heterocycles. The Morgan fingerprint density at radius 3 is 2.81 bits per heavy atom. The van der Waals surface area contributed by atoms with Gasteiger partial charge in [0.05, 0.1) is 12.7 Å². The molecule has 0 saturated carbocycles. The number of hydrogen-bond donors (Lipinski definition) is 3. The van der Waals surface area contributed by atoms with Gasteiger partial charge in [-0.3, -0.25) is 4.40 Å². The third-order valence-corrected chi connectivity index (χ3v) is 3.37. The summed E-state index contributed by atoms with van der Waals surface area (Å²) in [5.74, 6) is 1.84.